The number of rotatable bonds is 3. The number of nitrogens with one attached hydrogen (secondary N) is 1. The molecule has 0 radical (unpaired) electrons. The number of aromatic amines is 1. The molecule has 2 aliphatic rings. The fourth-order valence-corrected chi connectivity index (χ4v) is 3.22. The van der Waals surface area contributed by atoms with E-state index in [2.05, 4.69) is 26.5 Å². The van der Waals surface area contributed by atoms with Crippen LogP contribution in [0.1, 0.15) is 41.2 Å². The minimum absolute atomic E-state index is 0.136. The Balaban J connectivity index is 1.54. The topological polar surface area (TPSA) is 57.2 Å². The minimum Gasteiger partial charge on any atom is -0.347 e. The lowest BCUT2D eigenvalue weighted by Gasteiger charge is -2.38. The van der Waals surface area contributed by atoms with Gasteiger partial charge in [-0.05, 0) is 32.0 Å². The molecule has 1 aliphatic carbocycles. The third-order valence-corrected chi connectivity index (χ3v) is 4.71. The van der Waals surface area contributed by atoms with Crippen LogP contribution in [-0.2, 0) is 0 Å². The lowest BCUT2D eigenvalue weighted by Crippen LogP contribution is -2.49. The van der Waals surface area contributed by atoms with Crippen molar-refractivity contribution in [1.29, 1.82) is 0 Å². The number of hydrogen-bond acceptors (Lipinski definition) is 3. The van der Waals surface area contributed by atoms with Crippen molar-refractivity contribution >= 4 is 5.91 Å². The van der Waals surface area contributed by atoms with Gasteiger partial charge in [-0.3, -0.25) is 9.69 Å². The Kier molecular flexibility index (Phi) is 3.26. The monoisotopic (exact) mass is 299 g/mol. The lowest BCUT2D eigenvalue weighted by molar-refractivity contribution is 0.0524. The SMILES string of the molecule is CN1CCN(C(=O)c2cccn2C2CC2)CC1c1ncc[nH]1. The lowest BCUT2D eigenvalue weighted by atomic mass is 10.1. The van der Waals surface area contributed by atoms with Gasteiger partial charge < -0.3 is 14.5 Å². The first kappa shape index (κ1) is 13.6. The molecule has 116 valence electrons. The first-order chi connectivity index (χ1) is 10.7. The average Bonchev–Trinajstić information content (AvgIpc) is 3.04. The highest BCUT2D eigenvalue weighted by Gasteiger charge is 2.33. The molecule has 1 saturated carbocycles. The van der Waals surface area contributed by atoms with E-state index in [4.69, 9.17) is 0 Å². The van der Waals surface area contributed by atoms with Gasteiger partial charge in [-0.15, -0.1) is 0 Å². The van der Waals surface area contributed by atoms with E-state index >= 15 is 0 Å². The summed E-state index contributed by atoms with van der Waals surface area (Å²) < 4.78 is 2.14. The van der Waals surface area contributed by atoms with Crippen molar-refractivity contribution in [2.75, 3.05) is 26.7 Å². The van der Waals surface area contributed by atoms with E-state index in [9.17, 15) is 4.79 Å². The molecule has 4 rings (SSSR count). The van der Waals surface area contributed by atoms with Gasteiger partial charge in [0.1, 0.15) is 11.5 Å². The number of nitrogens with zero attached hydrogens (tertiary/aromatic N) is 4. The molecule has 0 bridgehead atoms. The number of imidazole rings is 1. The Morgan fingerprint density at radius 1 is 1.36 bits per heavy atom. The molecule has 6 nitrogen and oxygen atoms in total. The second kappa shape index (κ2) is 5.28. The van der Waals surface area contributed by atoms with Crippen molar-refractivity contribution in [3.63, 3.8) is 0 Å². The number of aromatic nitrogens is 3. The smallest absolute Gasteiger partial charge is 0.270 e. The van der Waals surface area contributed by atoms with E-state index in [0.717, 1.165) is 24.6 Å². The molecule has 1 aliphatic heterocycles. The fraction of sp³-hybridized carbons (Fsp3) is 0.500. The third kappa shape index (κ3) is 2.33. The van der Waals surface area contributed by atoms with Crippen molar-refractivity contribution in [3.05, 3.63) is 42.2 Å². The van der Waals surface area contributed by atoms with E-state index in [1.807, 2.05) is 29.4 Å². The average molecular weight is 299 g/mol. The zero-order chi connectivity index (χ0) is 15.1. The molecule has 2 aromatic heterocycles. The molecule has 3 heterocycles. The van der Waals surface area contributed by atoms with Crippen LogP contribution in [0.25, 0.3) is 0 Å². The summed E-state index contributed by atoms with van der Waals surface area (Å²) in [5.41, 5.74) is 0.824. The van der Waals surface area contributed by atoms with Crippen molar-refractivity contribution in [1.82, 2.24) is 24.3 Å². The molecule has 1 N–H and O–H groups in total. The Morgan fingerprint density at radius 3 is 2.95 bits per heavy atom. The second-order valence-corrected chi connectivity index (χ2v) is 6.25. The summed E-state index contributed by atoms with van der Waals surface area (Å²) >= 11 is 0. The predicted molar refractivity (Wildman–Crippen MR) is 82.6 cm³/mol. The summed E-state index contributed by atoms with van der Waals surface area (Å²) in [7, 11) is 2.09. The normalized spacial score (nSPS) is 23.0. The number of likely N-dealkylation sites (N-methyl/N-ethyl adjacent to an activating group) is 1. The summed E-state index contributed by atoms with van der Waals surface area (Å²) in [6, 6.07) is 4.59. The summed E-state index contributed by atoms with van der Waals surface area (Å²) in [6.45, 7) is 2.31. The molecule has 1 atom stereocenters. The molecule has 22 heavy (non-hydrogen) atoms. The Hall–Kier alpha value is -2.08. The van der Waals surface area contributed by atoms with E-state index in [0.29, 0.717) is 12.6 Å². The maximum Gasteiger partial charge on any atom is 0.270 e. The molecule has 1 saturated heterocycles. The zero-order valence-electron chi connectivity index (χ0n) is 12.8. The zero-order valence-corrected chi connectivity index (χ0v) is 12.8. The highest BCUT2D eigenvalue weighted by atomic mass is 16.2. The van der Waals surface area contributed by atoms with Crippen LogP contribution in [0.5, 0.6) is 0 Å². The molecule has 1 unspecified atom stereocenters. The first-order valence-corrected chi connectivity index (χ1v) is 7.89. The molecule has 2 aromatic rings. The number of carbonyl (C=O) groups is 1. The van der Waals surface area contributed by atoms with Gasteiger partial charge in [-0.25, -0.2) is 4.98 Å². The van der Waals surface area contributed by atoms with Crippen LogP contribution in [0.15, 0.2) is 30.7 Å². The Morgan fingerprint density at radius 2 is 2.23 bits per heavy atom. The van der Waals surface area contributed by atoms with Gasteiger partial charge >= 0.3 is 0 Å². The van der Waals surface area contributed by atoms with E-state index in [1.165, 1.54) is 12.8 Å². The van der Waals surface area contributed by atoms with Gasteiger partial charge in [0.05, 0.1) is 6.04 Å². The van der Waals surface area contributed by atoms with Crippen LogP contribution in [0.4, 0.5) is 0 Å². The van der Waals surface area contributed by atoms with Gasteiger partial charge in [0, 0.05) is 44.3 Å². The largest absolute Gasteiger partial charge is 0.347 e. The number of amides is 1. The molecule has 1 amide bonds. The van der Waals surface area contributed by atoms with Crippen molar-refractivity contribution in [3.8, 4) is 0 Å². The highest BCUT2D eigenvalue weighted by Crippen LogP contribution is 2.36. The molecular weight excluding hydrogens is 278 g/mol. The van der Waals surface area contributed by atoms with Crippen molar-refractivity contribution in [2.45, 2.75) is 24.9 Å². The van der Waals surface area contributed by atoms with Crippen molar-refractivity contribution < 1.29 is 4.79 Å². The van der Waals surface area contributed by atoms with Crippen LogP contribution in [0, 0.1) is 0 Å². The molecule has 0 aromatic carbocycles. The predicted octanol–water partition coefficient (Wildman–Crippen LogP) is 1.67. The number of H-pyrrole nitrogens is 1. The Labute approximate surface area is 129 Å². The minimum atomic E-state index is 0.136. The number of piperazine rings is 1. The standard InChI is InChI=1S/C16H21N5O/c1-19-9-10-20(11-14(19)15-17-6-7-18-15)16(22)13-3-2-8-21(13)12-4-5-12/h2-3,6-8,12,14H,4-5,9-11H2,1H3,(H,17,18). The van der Waals surface area contributed by atoms with Crippen LogP contribution in [0.3, 0.4) is 0 Å². The van der Waals surface area contributed by atoms with Gasteiger partial charge in [0.15, 0.2) is 0 Å². The van der Waals surface area contributed by atoms with Crippen LogP contribution < -0.4 is 0 Å². The maximum absolute atomic E-state index is 12.9. The van der Waals surface area contributed by atoms with Crippen molar-refractivity contribution in [2.24, 2.45) is 0 Å². The van der Waals surface area contributed by atoms with E-state index in [1.54, 1.807) is 6.20 Å². The summed E-state index contributed by atoms with van der Waals surface area (Å²) in [5, 5.41) is 0. The molecule has 6 heteroatoms. The quantitative estimate of drug-likeness (QED) is 0.938. The van der Waals surface area contributed by atoms with Gasteiger partial charge in [0.2, 0.25) is 0 Å². The van der Waals surface area contributed by atoms with E-state index < -0.39 is 0 Å². The highest BCUT2D eigenvalue weighted by molar-refractivity contribution is 5.93. The van der Waals surface area contributed by atoms with Crippen LogP contribution >= 0.6 is 0 Å². The van der Waals surface area contributed by atoms with Crippen LogP contribution in [-0.4, -0.2) is 56.9 Å². The second-order valence-electron chi connectivity index (χ2n) is 6.25. The number of hydrogen-bond donors (Lipinski definition) is 1. The molecular formula is C16H21N5O. The van der Waals surface area contributed by atoms with Gasteiger partial charge in [-0.2, -0.15) is 0 Å². The van der Waals surface area contributed by atoms with Gasteiger partial charge in [-0.1, -0.05) is 0 Å². The third-order valence-electron chi connectivity index (χ3n) is 4.71. The maximum atomic E-state index is 12.9. The summed E-state index contributed by atoms with van der Waals surface area (Å²) in [6.07, 6.45) is 8.01. The fourth-order valence-electron chi connectivity index (χ4n) is 3.22. The number of carbonyl (C=O) groups excluding carboxylic acids is 1. The molecule has 0 spiro atoms. The van der Waals surface area contributed by atoms with Crippen LogP contribution in [0.2, 0.25) is 0 Å². The van der Waals surface area contributed by atoms with E-state index in [-0.39, 0.29) is 11.9 Å². The summed E-state index contributed by atoms with van der Waals surface area (Å²) in [4.78, 5) is 24.6. The first-order valence-electron chi connectivity index (χ1n) is 7.89. The molecule has 2 fully saturated rings. The van der Waals surface area contributed by atoms with Gasteiger partial charge in [0.25, 0.3) is 5.91 Å². The summed E-state index contributed by atoms with van der Waals surface area (Å²) in [5.74, 6) is 1.07. The Bertz CT molecular complexity index is 658.